The van der Waals surface area contributed by atoms with Crippen molar-refractivity contribution in [2.75, 3.05) is 0 Å². The molecule has 0 bridgehead atoms. The van der Waals surface area contributed by atoms with Crippen LogP contribution < -0.4 is 0 Å². The van der Waals surface area contributed by atoms with Crippen molar-refractivity contribution in [3.63, 3.8) is 0 Å². The van der Waals surface area contributed by atoms with Gasteiger partial charge >= 0.3 is 0 Å². The van der Waals surface area contributed by atoms with Crippen molar-refractivity contribution < 1.29 is 9.53 Å². The van der Waals surface area contributed by atoms with Gasteiger partial charge in [-0.25, -0.2) is 0 Å². The quantitative estimate of drug-likeness (QED) is 0.475. The summed E-state index contributed by atoms with van der Waals surface area (Å²) in [6.07, 6.45) is 7.03. The molecule has 21 heavy (non-hydrogen) atoms. The Bertz CT molecular complexity index is 713. The minimum absolute atomic E-state index is 0.117. The van der Waals surface area contributed by atoms with Crippen molar-refractivity contribution in [3.05, 3.63) is 82.9 Å². The molecule has 2 rings (SSSR count). The predicted octanol–water partition coefficient (Wildman–Crippen LogP) is 4.08. The van der Waals surface area contributed by atoms with E-state index >= 15 is 0 Å². The molecule has 1 heterocycles. The lowest BCUT2D eigenvalue weighted by molar-refractivity contribution is 0.103. The number of benzene rings is 1. The van der Waals surface area contributed by atoms with Crippen LogP contribution in [-0.2, 0) is 4.74 Å². The van der Waals surface area contributed by atoms with Crippen molar-refractivity contribution in [1.82, 2.24) is 0 Å². The lowest BCUT2D eigenvalue weighted by Crippen LogP contribution is -2.06. The molecular formula is C18H15NO2. The van der Waals surface area contributed by atoms with Gasteiger partial charge in [-0.15, -0.1) is 0 Å². The van der Waals surface area contributed by atoms with E-state index in [1.54, 1.807) is 49.4 Å². The van der Waals surface area contributed by atoms with Crippen LogP contribution in [0.25, 0.3) is 0 Å². The molecule has 0 radical (unpaired) electrons. The standard InChI is InChI=1S/C18H15NO2/c1-3-7-16-11-15(10-13(2)21-16)17(12-19)18(20)14-8-5-4-6-9-14/h3-11H,1-2H3/b7-3+,17-15-. The molecule has 1 aromatic carbocycles. The highest BCUT2D eigenvalue weighted by molar-refractivity contribution is 6.12. The molecule has 0 fully saturated rings. The number of hydrogen-bond donors (Lipinski definition) is 0. The van der Waals surface area contributed by atoms with Crippen molar-refractivity contribution in [3.8, 4) is 6.07 Å². The summed E-state index contributed by atoms with van der Waals surface area (Å²) in [6, 6.07) is 10.8. The van der Waals surface area contributed by atoms with E-state index in [2.05, 4.69) is 0 Å². The second-order valence-electron chi connectivity index (χ2n) is 4.54. The van der Waals surface area contributed by atoms with Crippen LogP contribution in [0.1, 0.15) is 24.2 Å². The normalized spacial score (nSPS) is 16.6. The van der Waals surface area contributed by atoms with Crippen LogP contribution in [0.4, 0.5) is 0 Å². The van der Waals surface area contributed by atoms with Gasteiger partial charge in [0.2, 0.25) is 5.78 Å². The lowest BCUT2D eigenvalue weighted by Gasteiger charge is -2.14. The zero-order chi connectivity index (χ0) is 15.2. The summed E-state index contributed by atoms with van der Waals surface area (Å²) in [7, 11) is 0. The highest BCUT2D eigenvalue weighted by Gasteiger charge is 2.17. The second kappa shape index (κ2) is 6.53. The monoisotopic (exact) mass is 277 g/mol. The molecule has 0 unspecified atom stereocenters. The minimum atomic E-state index is -0.282. The fourth-order valence-electron chi connectivity index (χ4n) is 2.03. The van der Waals surface area contributed by atoms with Gasteiger partial charge in [0, 0.05) is 11.1 Å². The van der Waals surface area contributed by atoms with Gasteiger partial charge in [0.15, 0.2) is 0 Å². The van der Waals surface area contributed by atoms with Gasteiger partial charge in [-0.1, -0.05) is 36.4 Å². The predicted molar refractivity (Wildman–Crippen MR) is 81.2 cm³/mol. The summed E-state index contributed by atoms with van der Waals surface area (Å²) in [6.45, 7) is 3.67. The number of rotatable bonds is 3. The maximum absolute atomic E-state index is 12.4. The fourth-order valence-corrected chi connectivity index (χ4v) is 2.03. The molecule has 0 spiro atoms. The van der Waals surface area contributed by atoms with Crippen molar-refractivity contribution in [2.45, 2.75) is 13.8 Å². The Kier molecular flexibility index (Phi) is 4.53. The van der Waals surface area contributed by atoms with Gasteiger partial charge in [0.25, 0.3) is 0 Å². The first-order valence-electron chi connectivity index (χ1n) is 6.60. The molecule has 1 aromatic rings. The number of hydrogen-bond acceptors (Lipinski definition) is 3. The van der Waals surface area contributed by atoms with Crippen molar-refractivity contribution in [1.29, 1.82) is 5.26 Å². The molecule has 1 aliphatic rings. The largest absolute Gasteiger partial charge is 0.462 e. The van der Waals surface area contributed by atoms with Crippen LogP contribution in [0.15, 0.2) is 77.3 Å². The molecule has 3 heteroatoms. The van der Waals surface area contributed by atoms with E-state index in [4.69, 9.17) is 4.74 Å². The average Bonchev–Trinajstić information content (AvgIpc) is 2.48. The third-order valence-electron chi connectivity index (χ3n) is 2.93. The molecule has 1 aliphatic heterocycles. The minimum Gasteiger partial charge on any atom is -0.462 e. The maximum atomic E-state index is 12.4. The van der Waals surface area contributed by atoms with Gasteiger partial charge < -0.3 is 4.74 Å². The van der Waals surface area contributed by atoms with Gasteiger partial charge in [0.1, 0.15) is 23.2 Å². The lowest BCUT2D eigenvalue weighted by atomic mass is 9.97. The van der Waals surface area contributed by atoms with Crippen LogP contribution >= 0.6 is 0 Å². The summed E-state index contributed by atoms with van der Waals surface area (Å²) in [5, 5.41) is 9.37. The Morgan fingerprint density at radius 1 is 1.24 bits per heavy atom. The smallest absolute Gasteiger partial charge is 0.204 e. The molecule has 0 amide bonds. The van der Waals surface area contributed by atoms with Gasteiger partial charge in [-0.3, -0.25) is 4.79 Å². The van der Waals surface area contributed by atoms with E-state index in [0.717, 1.165) is 0 Å². The fraction of sp³-hybridized carbons (Fsp3) is 0.111. The van der Waals surface area contributed by atoms with Crippen LogP contribution in [0.3, 0.4) is 0 Å². The zero-order valence-corrected chi connectivity index (χ0v) is 12.0. The maximum Gasteiger partial charge on any atom is 0.204 e. The highest BCUT2D eigenvalue weighted by atomic mass is 16.5. The number of nitriles is 1. The number of nitrogens with zero attached hydrogens (tertiary/aromatic N) is 1. The van der Waals surface area contributed by atoms with Crippen LogP contribution in [0.2, 0.25) is 0 Å². The number of Topliss-reactive ketones (excluding diaryl/α,β-unsaturated/α-hetero) is 1. The van der Waals surface area contributed by atoms with E-state index in [1.165, 1.54) is 0 Å². The van der Waals surface area contributed by atoms with E-state index < -0.39 is 0 Å². The third kappa shape index (κ3) is 3.37. The molecule has 0 aromatic heterocycles. The zero-order valence-electron chi connectivity index (χ0n) is 12.0. The Balaban J connectivity index is 2.50. The van der Waals surface area contributed by atoms with Gasteiger partial charge in [0.05, 0.1) is 0 Å². The van der Waals surface area contributed by atoms with Crippen molar-refractivity contribution >= 4 is 5.78 Å². The number of carbonyl (C=O) groups is 1. The highest BCUT2D eigenvalue weighted by Crippen LogP contribution is 2.23. The topological polar surface area (TPSA) is 50.1 Å². The molecule has 0 aliphatic carbocycles. The first kappa shape index (κ1) is 14.5. The molecular weight excluding hydrogens is 262 g/mol. The number of ketones is 1. The van der Waals surface area contributed by atoms with Crippen LogP contribution in [0.5, 0.6) is 0 Å². The van der Waals surface area contributed by atoms with Crippen LogP contribution in [0, 0.1) is 11.3 Å². The Morgan fingerprint density at radius 2 is 1.95 bits per heavy atom. The van der Waals surface area contributed by atoms with Crippen LogP contribution in [-0.4, -0.2) is 5.78 Å². The average molecular weight is 277 g/mol. The SMILES string of the molecule is C/C=C/C1=CC(=C(/C#N)C(=O)c2ccccc2)/C=C(C)O1. The molecule has 0 N–H and O–H groups in total. The molecule has 0 atom stereocenters. The first-order chi connectivity index (χ1) is 10.2. The Labute approximate surface area is 124 Å². The molecule has 104 valence electrons. The number of allylic oxidation sites excluding steroid dienone is 7. The first-order valence-corrected chi connectivity index (χ1v) is 6.60. The third-order valence-corrected chi connectivity index (χ3v) is 2.93. The summed E-state index contributed by atoms with van der Waals surface area (Å²) < 4.78 is 5.52. The summed E-state index contributed by atoms with van der Waals surface area (Å²) in [5.74, 6) is 0.977. The molecule has 0 saturated carbocycles. The summed E-state index contributed by atoms with van der Waals surface area (Å²) in [5.41, 5.74) is 1.19. The summed E-state index contributed by atoms with van der Waals surface area (Å²) >= 11 is 0. The van der Waals surface area contributed by atoms with Crippen molar-refractivity contribution in [2.24, 2.45) is 0 Å². The van der Waals surface area contributed by atoms with E-state index in [0.29, 0.717) is 22.7 Å². The molecule has 0 saturated heterocycles. The second-order valence-corrected chi connectivity index (χ2v) is 4.54. The van der Waals surface area contributed by atoms with Gasteiger partial charge in [-0.05, 0) is 32.1 Å². The Morgan fingerprint density at radius 3 is 2.57 bits per heavy atom. The van der Waals surface area contributed by atoms with E-state index in [-0.39, 0.29) is 11.4 Å². The number of carbonyl (C=O) groups excluding carboxylic acids is 1. The van der Waals surface area contributed by atoms with Gasteiger partial charge in [-0.2, -0.15) is 5.26 Å². The summed E-state index contributed by atoms with van der Waals surface area (Å²) in [4.78, 5) is 12.4. The molecule has 3 nitrogen and oxygen atoms in total. The van der Waals surface area contributed by atoms with E-state index in [1.807, 2.05) is 25.1 Å². The Hall–Kier alpha value is -2.86. The van der Waals surface area contributed by atoms with E-state index in [9.17, 15) is 10.1 Å². The number of ether oxygens (including phenoxy) is 1.